The van der Waals surface area contributed by atoms with Gasteiger partial charge in [-0.05, 0) is 29.3 Å². The first-order valence-electron chi connectivity index (χ1n) is 7.79. The van der Waals surface area contributed by atoms with Gasteiger partial charge in [0.15, 0.2) is 5.76 Å². The smallest absolute Gasteiger partial charge is 0.287 e. The second-order valence-corrected chi connectivity index (χ2v) is 5.87. The van der Waals surface area contributed by atoms with Crippen LogP contribution in [0.5, 0.6) is 5.75 Å². The molecule has 3 aromatic rings. The maximum atomic E-state index is 12.1. The highest BCUT2D eigenvalue weighted by atomic mass is 35.5. The minimum Gasteiger partial charge on any atom is -0.482 e. The van der Waals surface area contributed by atoms with Gasteiger partial charge in [-0.25, -0.2) is 0 Å². The van der Waals surface area contributed by atoms with Crippen LogP contribution in [-0.2, 0) is 13.2 Å². The lowest BCUT2D eigenvalue weighted by atomic mass is 10.2. The Morgan fingerprint density at radius 2 is 2.00 bits per heavy atom. The van der Waals surface area contributed by atoms with Crippen LogP contribution < -0.4 is 15.5 Å². The third-order valence-corrected chi connectivity index (χ3v) is 3.76. The molecule has 0 fully saturated rings. The summed E-state index contributed by atoms with van der Waals surface area (Å²) >= 11 is 5.82. The van der Waals surface area contributed by atoms with Gasteiger partial charge in [-0.2, -0.15) is 0 Å². The minimum absolute atomic E-state index is 0.0313. The highest BCUT2D eigenvalue weighted by Crippen LogP contribution is 2.12. The maximum Gasteiger partial charge on any atom is 0.287 e. The first kappa shape index (κ1) is 17.7. The van der Waals surface area contributed by atoms with E-state index in [1.165, 1.54) is 0 Å². The van der Waals surface area contributed by atoms with Gasteiger partial charge in [0, 0.05) is 30.0 Å². The highest BCUT2D eigenvalue weighted by Gasteiger charge is 2.12. The molecule has 0 aliphatic carbocycles. The quantitative estimate of drug-likeness (QED) is 0.720. The molecule has 0 bridgehead atoms. The van der Waals surface area contributed by atoms with E-state index in [-0.39, 0.29) is 24.7 Å². The van der Waals surface area contributed by atoms with Crippen LogP contribution in [0.4, 0.5) is 0 Å². The predicted octanol–water partition coefficient (Wildman–Crippen LogP) is 3.20. The number of nitrogens with one attached hydrogen (secondary N) is 1. The van der Waals surface area contributed by atoms with E-state index in [1.54, 1.807) is 42.7 Å². The van der Waals surface area contributed by atoms with E-state index in [2.05, 4.69) is 10.3 Å². The molecule has 7 heteroatoms. The molecule has 6 nitrogen and oxygen atoms in total. The van der Waals surface area contributed by atoms with E-state index in [0.29, 0.717) is 5.02 Å². The summed E-state index contributed by atoms with van der Waals surface area (Å²) in [6.07, 6.45) is 4.43. The van der Waals surface area contributed by atoms with Crippen molar-refractivity contribution in [3.8, 4) is 5.75 Å². The number of benzene rings is 1. The maximum absolute atomic E-state index is 12.1. The van der Waals surface area contributed by atoms with Gasteiger partial charge in [-0.3, -0.25) is 14.6 Å². The number of hydrogen-bond acceptors (Lipinski definition) is 5. The normalized spacial score (nSPS) is 10.3. The Balaban J connectivity index is 1.60. The summed E-state index contributed by atoms with van der Waals surface area (Å²) in [5, 5.41) is 3.28. The van der Waals surface area contributed by atoms with Crippen molar-refractivity contribution in [3.63, 3.8) is 0 Å². The van der Waals surface area contributed by atoms with E-state index in [9.17, 15) is 9.59 Å². The molecule has 132 valence electrons. The van der Waals surface area contributed by atoms with Crippen LogP contribution in [0.2, 0.25) is 5.02 Å². The number of nitrogens with zero attached hydrogens (tertiary/aromatic N) is 1. The standard InChI is InChI=1S/C19H15ClN2O4/c20-15-5-3-13(4-6-15)11-25-18-12-26-17(8-16(18)23)19(24)22-10-14-2-1-7-21-9-14/h1-9,12H,10-11H2,(H,22,24). The average molecular weight is 371 g/mol. The average Bonchev–Trinajstić information content (AvgIpc) is 2.67. The molecule has 1 N–H and O–H groups in total. The molecule has 0 saturated carbocycles. The van der Waals surface area contributed by atoms with Crippen molar-refractivity contribution in [1.82, 2.24) is 10.3 Å². The summed E-state index contributed by atoms with van der Waals surface area (Å²) in [7, 11) is 0. The molecule has 0 unspecified atom stereocenters. The Hall–Kier alpha value is -3.12. The lowest BCUT2D eigenvalue weighted by Gasteiger charge is -2.07. The summed E-state index contributed by atoms with van der Waals surface area (Å²) in [6.45, 7) is 0.472. The molecular weight excluding hydrogens is 356 g/mol. The van der Waals surface area contributed by atoms with Gasteiger partial charge in [-0.1, -0.05) is 29.8 Å². The molecule has 0 saturated heterocycles. The van der Waals surface area contributed by atoms with Crippen LogP contribution >= 0.6 is 11.6 Å². The monoisotopic (exact) mass is 370 g/mol. The summed E-state index contributed by atoms with van der Waals surface area (Å²) < 4.78 is 10.7. The number of pyridine rings is 1. The van der Waals surface area contributed by atoms with Crippen LogP contribution in [0.1, 0.15) is 21.7 Å². The first-order chi connectivity index (χ1) is 12.6. The molecule has 3 rings (SSSR count). The molecule has 0 aliphatic heterocycles. The Bertz CT molecular complexity index is 940. The van der Waals surface area contributed by atoms with Crippen molar-refractivity contribution >= 4 is 17.5 Å². The topological polar surface area (TPSA) is 81.4 Å². The predicted molar refractivity (Wildman–Crippen MR) is 96.2 cm³/mol. The molecule has 0 spiro atoms. The third kappa shape index (κ3) is 4.70. The third-order valence-electron chi connectivity index (χ3n) is 3.51. The van der Waals surface area contributed by atoms with E-state index in [0.717, 1.165) is 23.5 Å². The number of halogens is 1. The summed E-state index contributed by atoms with van der Waals surface area (Å²) in [6, 6.07) is 11.8. The van der Waals surface area contributed by atoms with Gasteiger partial charge >= 0.3 is 0 Å². The number of aromatic nitrogens is 1. The van der Waals surface area contributed by atoms with Gasteiger partial charge in [0.1, 0.15) is 12.9 Å². The van der Waals surface area contributed by atoms with Gasteiger partial charge in [0.2, 0.25) is 11.2 Å². The fourth-order valence-corrected chi connectivity index (χ4v) is 2.26. The molecule has 0 atom stereocenters. The number of hydrogen-bond donors (Lipinski definition) is 1. The SMILES string of the molecule is O=C(NCc1cccnc1)c1cc(=O)c(OCc2ccc(Cl)cc2)co1. The van der Waals surface area contributed by atoms with Crippen LogP contribution in [0.25, 0.3) is 0 Å². The number of carbonyl (C=O) groups is 1. The van der Waals surface area contributed by atoms with E-state index >= 15 is 0 Å². The zero-order valence-corrected chi connectivity index (χ0v) is 14.4. The Morgan fingerprint density at radius 1 is 1.19 bits per heavy atom. The first-order valence-corrected chi connectivity index (χ1v) is 8.17. The van der Waals surface area contributed by atoms with Crippen molar-refractivity contribution in [2.75, 3.05) is 0 Å². The number of carbonyl (C=O) groups excluding carboxylic acids is 1. The second kappa shape index (κ2) is 8.31. The highest BCUT2D eigenvalue weighted by molar-refractivity contribution is 6.30. The van der Waals surface area contributed by atoms with E-state index in [1.807, 2.05) is 6.07 Å². The molecule has 0 radical (unpaired) electrons. The molecule has 0 aliphatic rings. The molecule has 1 amide bonds. The molecular formula is C19H15ClN2O4. The largest absolute Gasteiger partial charge is 0.482 e. The molecule has 26 heavy (non-hydrogen) atoms. The summed E-state index contributed by atoms with van der Waals surface area (Å²) in [4.78, 5) is 28.1. The van der Waals surface area contributed by atoms with Gasteiger partial charge in [0.25, 0.3) is 5.91 Å². The fourth-order valence-electron chi connectivity index (χ4n) is 2.14. The van der Waals surface area contributed by atoms with Crippen molar-refractivity contribution in [3.05, 3.63) is 93.3 Å². The molecule has 2 aromatic heterocycles. The van der Waals surface area contributed by atoms with E-state index < -0.39 is 11.3 Å². The zero-order valence-electron chi connectivity index (χ0n) is 13.6. The van der Waals surface area contributed by atoms with Gasteiger partial charge in [-0.15, -0.1) is 0 Å². The van der Waals surface area contributed by atoms with Gasteiger partial charge < -0.3 is 14.5 Å². The van der Waals surface area contributed by atoms with Crippen LogP contribution in [0.3, 0.4) is 0 Å². The molecule has 1 aromatic carbocycles. The van der Waals surface area contributed by atoms with Crippen molar-refractivity contribution in [2.24, 2.45) is 0 Å². The van der Waals surface area contributed by atoms with Crippen LogP contribution in [0.15, 0.2) is 70.3 Å². The van der Waals surface area contributed by atoms with Crippen LogP contribution in [0, 0.1) is 0 Å². The lowest BCUT2D eigenvalue weighted by Crippen LogP contribution is -2.24. The minimum atomic E-state index is -0.491. The van der Waals surface area contributed by atoms with Crippen LogP contribution in [-0.4, -0.2) is 10.9 Å². The lowest BCUT2D eigenvalue weighted by molar-refractivity contribution is 0.0919. The van der Waals surface area contributed by atoms with Crippen molar-refractivity contribution in [2.45, 2.75) is 13.2 Å². The second-order valence-electron chi connectivity index (χ2n) is 5.43. The van der Waals surface area contributed by atoms with E-state index in [4.69, 9.17) is 20.8 Å². The fraction of sp³-hybridized carbons (Fsp3) is 0.105. The Labute approximate surface area is 154 Å². The number of amides is 1. The summed E-state index contributed by atoms with van der Waals surface area (Å²) in [5.41, 5.74) is 1.26. The molecule has 2 heterocycles. The Morgan fingerprint density at radius 3 is 2.69 bits per heavy atom. The Kier molecular flexibility index (Phi) is 5.66. The van der Waals surface area contributed by atoms with Crippen molar-refractivity contribution < 1.29 is 13.9 Å². The summed E-state index contributed by atoms with van der Waals surface area (Å²) in [5.74, 6) is -0.545. The van der Waals surface area contributed by atoms with Gasteiger partial charge in [0.05, 0.1) is 0 Å². The van der Waals surface area contributed by atoms with Crippen molar-refractivity contribution in [1.29, 1.82) is 0 Å². The number of rotatable bonds is 6. The number of ether oxygens (including phenoxy) is 1. The zero-order chi connectivity index (χ0) is 18.4.